The molecule has 0 aliphatic carbocycles. The minimum absolute atomic E-state index is 0.261. The van der Waals surface area contributed by atoms with Crippen molar-refractivity contribution in [3.63, 3.8) is 0 Å². The topological polar surface area (TPSA) is 61.4 Å². The number of rotatable bonds is 6. The van der Waals surface area contributed by atoms with Crippen LogP contribution in [0.25, 0.3) is 0 Å². The van der Waals surface area contributed by atoms with Crippen molar-refractivity contribution in [2.24, 2.45) is 5.92 Å². The maximum Gasteiger partial charge on any atom is 0.315 e. The van der Waals surface area contributed by atoms with Crippen LogP contribution in [0.5, 0.6) is 0 Å². The number of carbonyl (C=O) groups excluding carboxylic acids is 1. The summed E-state index contributed by atoms with van der Waals surface area (Å²) >= 11 is 3.38. The second-order valence-electron chi connectivity index (χ2n) is 4.98. The third-order valence-electron chi connectivity index (χ3n) is 2.58. The van der Waals surface area contributed by atoms with Gasteiger partial charge < -0.3 is 15.7 Å². The highest BCUT2D eigenvalue weighted by molar-refractivity contribution is 9.10. The minimum atomic E-state index is -0.489. The molecular formula is C14H21BrN2O2. The summed E-state index contributed by atoms with van der Waals surface area (Å²) in [6.45, 7) is 4.82. The molecule has 19 heavy (non-hydrogen) atoms. The van der Waals surface area contributed by atoms with Crippen LogP contribution in [0.2, 0.25) is 0 Å². The normalized spacial score (nSPS) is 12.3. The number of aliphatic hydroxyl groups excluding tert-OH is 1. The fourth-order valence-corrected chi connectivity index (χ4v) is 2.18. The Balaban J connectivity index is 2.25. The molecule has 0 heterocycles. The van der Waals surface area contributed by atoms with E-state index in [1.807, 2.05) is 38.1 Å². The van der Waals surface area contributed by atoms with Crippen LogP contribution in [0.3, 0.4) is 0 Å². The van der Waals surface area contributed by atoms with E-state index in [2.05, 4.69) is 26.6 Å². The molecule has 1 aromatic rings. The lowest BCUT2D eigenvalue weighted by Gasteiger charge is -2.14. The molecule has 3 N–H and O–H groups in total. The van der Waals surface area contributed by atoms with E-state index >= 15 is 0 Å². The van der Waals surface area contributed by atoms with Crippen molar-refractivity contribution < 1.29 is 9.90 Å². The lowest BCUT2D eigenvalue weighted by atomic mass is 10.1. The molecule has 1 rings (SSSR count). The second-order valence-corrected chi connectivity index (χ2v) is 5.89. The van der Waals surface area contributed by atoms with E-state index in [1.165, 1.54) is 0 Å². The molecule has 0 saturated heterocycles. The van der Waals surface area contributed by atoms with Crippen molar-refractivity contribution in [3.05, 3.63) is 34.3 Å². The number of carbonyl (C=O) groups is 1. The Hall–Kier alpha value is -1.07. The third kappa shape index (κ3) is 7.18. The van der Waals surface area contributed by atoms with Crippen LogP contribution >= 0.6 is 15.9 Å². The van der Waals surface area contributed by atoms with Crippen LogP contribution < -0.4 is 10.6 Å². The number of halogens is 1. The first-order chi connectivity index (χ1) is 8.97. The Labute approximate surface area is 122 Å². The number of amides is 2. The van der Waals surface area contributed by atoms with E-state index in [-0.39, 0.29) is 12.6 Å². The van der Waals surface area contributed by atoms with Gasteiger partial charge in [-0.1, -0.05) is 41.9 Å². The minimum Gasteiger partial charge on any atom is -0.391 e. The van der Waals surface area contributed by atoms with Gasteiger partial charge in [-0.05, 0) is 30.0 Å². The van der Waals surface area contributed by atoms with Gasteiger partial charge in [-0.25, -0.2) is 4.79 Å². The average Bonchev–Trinajstić information content (AvgIpc) is 2.33. The Bertz CT molecular complexity index is 410. The molecule has 0 bridgehead atoms. The molecule has 0 saturated carbocycles. The lowest BCUT2D eigenvalue weighted by molar-refractivity contribution is 0.147. The predicted molar refractivity (Wildman–Crippen MR) is 79.8 cm³/mol. The predicted octanol–water partition coefficient (Wildman–Crippen LogP) is 2.66. The van der Waals surface area contributed by atoms with Gasteiger partial charge in [0.15, 0.2) is 0 Å². The van der Waals surface area contributed by atoms with Crippen molar-refractivity contribution >= 4 is 22.0 Å². The largest absolute Gasteiger partial charge is 0.391 e. The zero-order valence-electron chi connectivity index (χ0n) is 11.3. The van der Waals surface area contributed by atoms with Gasteiger partial charge in [0.05, 0.1) is 6.10 Å². The number of hydrogen-bond acceptors (Lipinski definition) is 2. The van der Waals surface area contributed by atoms with Gasteiger partial charge in [-0.15, -0.1) is 0 Å². The summed E-state index contributed by atoms with van der Waals surface area (Å²) in [6, 6.07) is 7.49. The molecule has 0 aliphatic rings. The zero-order valence-corrected chi connectivity index (χ0v) is 12.9. The molecule has 0 aromatic heterocycles. The summed E-state index contributed by atoms with van der Waals surface area (Å²) in [5.41, 5.74) is 1.02. The van der Waals surface area contributed by atoms with Gasteiger partial charge >= 0.3 is 6.03 Å². The van der Waals surface area contributed by atoms with Gasteiger partial charge in [-0.2, -0.15) is 0 Å². The SMILES string of the molecule is CC(C)CC(O)CNC(=O)NCc1cccc(Br)c1. The van der Waals surface area contributed by atoms with Crippen LogP contribution in [0.1, 0.15) is 25.8 Å². The second kappa shape index (κ2) is 8.17. The highest BCUT2D eigenvalue weighted by Crippen LogP contribution is 2.11. The first-order valence-electron chi connectivity index (χ1n) is 6.41. The standard InChI is InChI=1S/C14H21BrN2O2/c1-10(2)6-13(18)9-17-14(19)16-8-11-4-3-5-12(15)7-11/h3-5,7,10,13,18H,6,8-9H2,1-2H3,(H2,16,17,19). The van der Waals surface area contributed by atoms with Crippen LogP contribution in [0, 0.1) is 5.92 Å². The van der Waals surface area contributed by atoms with Crippen LogP contribution in [-0.4, -0.2) is 23.8 Å². The molecule has 1 aromatic carbocycles. The Morgan fingerprint density at radius 2 is 2.11 bits per heavy atom. The van der Waals surface area contributed by atoms with Crippen molar-refractivity contribution in [1.29, 1.82) is 0 Å². The third-order valence-corrected chi connectivity index (χ3v) is 3.08. The highest BCUT2D eigenvalue weighted by atomic mass is 79.9. The van der Waals surface area contributed by atoms with E-state index in [9.17, 15) is 9.90 Å². The Kier molecular flexibility index (Phi) is 6.87. The number of urea groups is 1. The fourth-order valence-electron chi connectivity index (χ4n) is 1.73. The summed E-state index contributed by atoms with van der Waals surface area (Å²) in [6.07, 6.45) is 0.197. The van der Waals surface area contributed by atoms with Crippen molar-refractivity contribution in [1.82, 2.24) is 10.6 Å². The number of hydrogen-bond donors (Lipinski definition) is 3. The first-order valence-corrected chi connectivity index (χ1v) is 7.21. The summed E-state index contributed by atoms with van der Waals surface area (Å²) in [5, 5.41) is 15.1. The average molecular weight is 329 g/mol. The summed E-state index contributed by atoms with van der Waals surface area (Å²) in [4.78, 5) is 11.5. The molecule has 1 unspecified atom stereocenters. The van der Waals surface area contributed by atoms with E-state index in [0.29, 0.717) is 18.9 Å². The Morgan fingerprint density at radius 1 is 1.37 bits per heavy atom. The molecule has 2 amide bonds. The molecule has 5 heteroatoms. The van der Waals surface area contributed by atoms with Gasteiger partial charge in [0.1, 0.15) is 0 Å². The van der Waals surface area contributed by atoms with Crippen molar-refractivity contribution in [2.75, 3.05) is 6.54 Å². The molecular weight excluding hydrogens is 308 g/mol. The summed E-state index contributed by atoms with van der Waals surface area (Å²) in [7, 11) is 0. The number of aliphatic hydroxyl groups is 1. The van der Waals surface area contributed by atoms with Gasteiger partial charge in [0, 0.05) is 17.6 Å². The monoisotopic (exact) mass is 328 g/mol. The Morgan fingerprint density at radius 3 is 2.74 bits per heavy atom. The fraction of sp³-hybridized carbons (Fsp3) is 0.500. The van der Waals surface area contributed by atoms with Crippen molar-refractivity contribution in [3.8, 4) is 0 Å². The van der Waals surface area contributed by atoms with Gasteiger partial charge in [-0.3, -0.25) is 0 Å². The van der Waals surface area contributed by atoms with E-state index in [0.717, 1.165) is 10.0 Å². The van der Waals surface area contributed by atoms with E-state index < -0.39 is 6.10 Å². The van der Waals surface area contributed by atoms with Crippen LogP contribution in [-0.2, 0) is 6.54 Å². The van der Waals surface area contributed by atoms with Gasteiger partial charge in [0.2, 0.25) is 0 Å². The van der Waals surface area contributed by atoms with Gasteiger partial charge in [0.25, 0.3) is 0 Å². The number of nitrogens with one attached hydrogen (secondary N) is 2. The maximum absolute atomic E-state index is 11.5. The van der Waals surface area contributed by atoms with E-state index in [1.54, 1.807) is 0 Å². The summed E-state index contributed by atoms with van der Waals surface area (Å²) in [5.74, 6) is 0.418. The van der Waals surface area contributed by atoms with Crippen LogP contribution in [0.4, 0.5) is 4.79 Å². The molecule has 0 spiro atoms. The molecule has 106 valence electrons. The zero-order chi connectivity index (χ0) is 14.3. The smallest absolute Gasteiger partial charge is 0.315 e. The molecule has 0 aliphatic heterocycles. The van der Waals surface area contributed by atoms with Crippen molar-refractivity contribution in [2.45, 2.75) is 32.9 Å². The first kappa shape index (κ1) is 16.0. The molecule has 1 atom stereocenters. The van der Waals surface area contributed by atoms with Crippen LogP contribution in [0.15, 0.2) is 28.7 Å². The van der Waals surface area contributed by atoms with E-state index in [4.69, 9.17) is 0 Å². The number of benzene rings is 1. The quantitative estimate of drug-likeness (QED) is 0.751. The summed E-state index contributed by atoms with van der Waals surface area (Å²) < 4.78 is 0.986. The lowest BCUT2D eigenvalue weighted by Crippen LogP contribution is -2.39. The molecule has 4 nitrogen and oxygen atoms in total. The maximum atomic E-state index is 11.5. The highest BCUT2D eigenvalue weighted by Gasteiger charge is 2.08. The molecule has 0 radical (unpaired) electrons. The molecule has 0 fully saturated rings.